The van der Waals surface area contributed by atoms with E-state index in [1.807, 2.05) is 0 Å². The maximum atomic E-state index is 12.0. The van der Waals surface area contributed by atoms with E-state index in [0.717, 1.165) is 0 Å². The lowest BCUT2D eigenvalue weighted by atomic mass is 10.0. The van der Waals surface area contributed by atoms with Crippen LogP contribution < -0.4 is 0 Å². The van der Waals surface area contributed by atoms with E-state index in [9.17, 15) is 14.8 Å². The van der Waals surface area contributed by atoms with Crippen molar-refractivity contribution in [3.63, 3.8) is 0 Å². The smallest absolute Gasteiger partial charge is 0.358 e. The summed E-state index contributed by atoms with van der Waals surface area (Å²) in [4.78, 5) is 0. The first kappa shape index (κ1) is 14.1. The van der Waals surface area contributed by atoms with E-state index in [-0.39, 0.29) is 6.42 Å². The second kappa shape index (κ2) is 5.55. The van der Waals surface area contributed by atoms with Crippen molar-refractivity contribution < 1.29 is 33.7 Å². The number of ether oxygens (including phenoxy) is 1. The van der Waals surface area contributed by atoms with Gasteiger partial charge in [0.2, 0.25) is 0 Å². The van der Waals surface area contributed by atoms with Crippen LogP contribution in [-0.2, 0) is 18.3 Å². The molecule has 8 heteroatoms. The van der Waals surface area contributed by atoms with Crippen molar-refractivity contribution in [2.24, 2.45) is 0 Å². The van der Waals surface area contributed by atoms with Crippen molar-refractivity contribution in [3.05, 3.63) is 0 Å². The highest BCUT2D eigenvalue weighted by atomic mass is 31.2. The van der Waals surface area contributed by atoms with E-state index in [0.29, 0.717) is 0 Å². The second-order valence-electron chi connectivity index (χ2n) is 3.51. The minimum absolute atomic E-state index is 0.0728. The maximum absolute atomic E-state index is 12.0. The lowest BCUT2D eigenvalue weighted by molar-refractivity contribution is -0.163. The zero-order valence-corrected chi connectivity index (χ0v) is 10.0. The predicted molar refractivity (Wildman–Crippen MR) is 54.0 cm³/mol. The van der Waals surface area contributed by atoms with E-state index in [1.165, 1.54) is 14.2 Å². The quantitative estimate of drug-likeness (QED) is 0.571. The van der Waals surface area contributed by atoms with E-state index in [4.69, 9.17) is 18.9 Å². The summed E-state index contributed by atoms with van der Waals surface area (Å²) in [5.74, 6) is -0.988. The van der Waals surface area contributed by atoms with Crippen LogP contribution in [-0.4, -0.2) is 60.3 Å². The lowest BCUT2D eigenvalue weighted by Crippen LogP contribution is -2.49. The summed E-state index contributed by atoms with van der Waals surface area (Å²) in [6, 6.07) is 0. The summed E-state index contributed by atoms with van der Waals surface area (Å²) < 4.78 is 26.6. The fourth-order valence-corrected chi connectivity index (χ4v) is 2.99. The minimum Gasteiger partial charge on any atom is -0.394 e. The third-order valence-electron chi connectivity index (χ3n) is 2.59. The topological polar surface area (TPSA) is 105 Å². The Morgan fingerprint density at radius 1 is 1.38 bits per heavy atom. The summed E-state index contributed by atoms with van der Waals surface area (Å²) in [5, 5.41) is 27.9. The third-order valence-corrected chi connectivity index (χ3v) is 4.65. The molecule has 1 heterocycles. The Balaban J connectivity index is 2.81. The van der Waals surface area contributed by atoms with Crippen molar-refractivity contribution in [2.75, 3.05) is 20.8 Å². The zero-order valence-electron chi connectivity index (χ0n) is 9.15. The first-order chi connectivity index (χ1) is 7.48. The molecule has 1 aliphatic heterocycles. The van der Waals surface area contributed by atoms with Gasteiger partial charge in [-0.25, -0.2) is 0 Å². The highest BCUT2D eigenvalue weighted by Gasteiger charge is 2.45. The first-order valence-corrected chi connectivity index (χ1v) is 6.43. The van der Waals surface area contributed by atoms with Gasteiger partial charge in [0.05, 0.1) is 12.7 Å². The molecule has 0 radical (unpaired) electrons. The van der Waals surface area contributed by atoms with Crippen LogP contribution in [0.4, 0.5) is 0 Å². The molecule has 0 saturated carbocycles. The second-order valence-corrected chi connectivity index (χ2v) is 5.90. The van der Waals surface area contributed by atoms with E-state index >= 15 is 0 Å². The SMILES string of the molecule is COP(=O)(OC)[C@@H]1C[C@@H](O)[C@H](O)[C@@H](CO)O1. The lowest BCUT2D eigenvalue weighted by Gasteiger charge is -2.37. The Bertz CT molecular complexity index is 263. The Hall–Kier alpha value is -0.0100. The fourth-order valence-electron chi connectivity index (χ4n) is 1.60. The summed E-state index contributed by atoms with van der Waals surface area (Å²) in [5.41, 5.74) is 0. The van der Waals surface area contributed by atoms with Crippen molar-refractivity contribution in [1.29, 1.82) is 0 Å². The van der Waals surface area contributed by atoms with Gasteiger partial charge in [0.15, 0.2) is 5.85 Å². The molecule has 1 fully saturated rings. The average molecular weight is 256 g/mol. The molecule has 0 aliphatic carbocycles. The Labute approximate surface area is 93.5 Å². The van der Waals surface area contributed by atoms with Gasteiger partial charge in [-0.15, -0.1) is 0 Å². The number of hydrogen-bond acceptors (Lipinski definition) is 7. The van der Waals surface area contributed by atoms with E-state index < -0.39 is 38.4 Å². The molecule has 4 atom stereocenters. The van der Waals surface area contributed by atoms with Crippen LogP contribution in [0.15, 0.2) is 0 Å². The van der Waals surface area contributed by atoms with Gasteiger partial charge in [-0.05, 0) is 0 Å². The largest absolute Gasteiger partial charge is 0.394 e. The van der Waals surface area contributed by atoms with Crippen molar-refractivity contribution in [3.8, 4) is 0 Å². The molecule has 0 aromatic rings. The normalized spacial score (nSPS) is 36.3. The van der Waals surface area contributed by atoms with Gasteiger partial charge in [-0.1, -0.05) is 0 Å². The summed E-state index contributed by atoms with van der Waals surface area (Å²) >= 11 is 0. The summed E-state index contributed by atoms with van der Waals surface area (Å²) in [6.07, 6.45) is -3.40. The Morgan fingerprint density at radius 2 is 1.94 bits per heavy atom. The molecule has 16 heavy (non-hydrogen) atoms. The summed E-state index contributed by atoms with van der Waals surface area (Å²) in [6.45, 7) is -0.484. The first-order valence-electron chi connectivity index (χ1n) is 4.82. The van der Waals surface area contributed by atoms with Crippen LogP contribution in [0.5, 0.6) is 0 Å². The molecule has 0 unspecified atom stereocenters. The van der Waals surface area contributed by atoms with Gasteiger partial charge in [-0.3, -0.25) is 4.57 Å². The van der Waals surface area contributed by atoms with Gasteiger partial charge in [-0.2, -0.15) is 0 Å². The van der Waals surface area contributed by atoms with Crippen LogP contribution in [0.1, 0.15) is 6.42 Å². The molecule has 3 N–H and O–H groups in total. The van der Waals surface area contributed by atoms with Gasteiger partial charge in [0.1, 0.15) is 12.2 Å². The van der Waals surface area contributed by atoms with Crippen LogP contribution in [0, 0.1) is 0 Å². The third kappa shape index (κ3) is 2.62. The Morgan fingerprint density at radius 3 is 2.38 bits per heavy atom. The van der Waals surface area contributed by atoms with Gasteiger partial charge in [0, 0.05) is 20.6 Å². The molecule has 0 spiro atoms. The zero-order chi connectivity index (χ0) is 12.3. The van der Waals surface area contributed by atoms with Crippen LogP contribution in [0.3, 0.4) is 0 Å². The average Bonchev–Trinajstić information content (AvgIpc) is 2.31. The molecular formula is C8H17O7P. The van der Waals surface area contributed by atoms with Gasteiger partial charge in [0.25, 0.3) is 0 Å². The number of aliphatic hydroxyl groups excluding tert-OH is 3. The van der Waals surface area contributed by atoms with Gasteiger partial charge < -0.3 is 29.1 Å². The van der Waals surface area contributed by atoms with E-state index in [1.54, 1.807) is 0 Å². The molecule has 0 aromatic carbocycles. The molecule has 0 aromatic heterocycles. The molecule has 0 bridgehead atoms. The predicted octanol–water partition coefficient (Wildman–Crippen LogP) is -0.699. The minimum atomic E-state index is -3.48. The van der Waals surface area contributed by atoms with Crippen molar-refractivity contribution in [1.82, 2.24) is 0 Å². The fraction of sp³-hybridized carbons (Fsp3) is 1.00. The summed E-state index contributed by atoms with van der Waals surface area (Å²) in [7, 11) is -1.06. The number of rotatable bonds is 4. The molecule has 1 aliphatic rings. The van der Waals surface area contributed by atoms with Crippen LogP contribution in [0.25, 0.3) is 0 Å². The Kier molecular flexibility index (Phi) is 4.88. The molecule has 7 nitrogen and oxygen atoms in total. The molecule has 1 saturated heterocycles. The van der Waals surface area contributed by atoms with Gasteiger partial charge >= 0.3 is 7.60 Å². The van der Waals surface area contributed by atoms with Crippen LogP contribution >= 0.6 is 7.60 Å². The highest BCUT2D eigenvalue weighted by Crippen LogP contribution is 2.55. The number of hydrogen-bond donors (Lipinski definition) is 3. The molecule has 1 rings (SSSR count). The molecule has 0 amide bonds. The standard InChI is InChI=1S/C8H17O7P/c1-13-16(12,14-2)7-3-5(10)8(11)6(4-9)15-7/h5-11H,3-4H2,1-2H3/t5-,6-,7-,8+/m1/s1. The monoisotopic (exact) mass is 256 g/mol. The van der Waals surface area contributed by atoms with Crippen molar-refractivity contribution >= 4 is 7.60 Å². The van der Waals surface area contributed by atoms with E-state index in [2.05, 4.69) is 0 Å². The van der Waals surface area contributed by atoms with Crippen LogP contribution in [0.2, 0.25) is 0 Å². The number of aliphatic hydroxyl groups is 3. The molecular weight excluding hydrogens is 239 g/mol. The molecule has 96 valence electrons. The maximum Gasteiger partial charge on any atom is 0.358 e. The van der Waals surface area contributed by atoms with Crippen molar-refractivity contribution in [2.45, 2.75) is 30.6 Å². The highest BCUT2D eigenvalue weighted by molar-refractivity contribution is 7.54.